The summed E-state index contributed by atoms with van der Waals surface area (Å²) in [5.74, 6) is 0.0820. The Labute approximate surface area is 87.4 Å². The molecule has 0 bridgehead atoms. The molecule has 0 fully saturated rings. The molecule has 1 aliphatic rings. The number of hydrogen-bond acceptors (Lipinski definition) is 4. The molecule has 80 valence electrons. The van der Waals surface area contributed by atoms with Crippen LogP contribution in [-0.4, -0.2) is 24.3 Å². The van der Waals surface area contributed by atoms with Gasteiger partial charge in [0, 0.05) is 12.0 Å². The fourth-order valence-corrected chi connectivity index (χ4v) is 1.62. The zero-order valence-electron chi connectivity index (χ0n) is 8.45. The molecule has 1 aliphatic heterocycles. The van der Waals surface area contributed by atoms with Crippen molar-refractivity contribution in [3.05, 3.63) is 23.3 Å². The number of phenols is 1. The van der Waals surface area contributed by atoms with E-state index in [0.29, 0.717) is 24.5 Å². The number of benzene rings is 1. The van der Waals surface area contributed by atoms with Crippen LogP contribution in [0.1, 0.15) is 22.8 Å². The second kappa shape index (κ2) is 3.81. The Morgan fingerprint density at radius 3 is 3.13 bits per heavy atom. The third-order valence-corrected chi connectivity index (χ3v) is 2.28. The van der Waals surface area contributed by atoms with Gasteiger partial charge in [-0.2, -0.15) is 0 Å². The monoisotopic (exact) mass is 208 g/mol. The summed E-state index contributed by atoms with van der Waals surface area (Å²) >= 11 is 0. The van der Waals surface area contributed by atoms with Crippen molar-refractivity contribution < 1.29 is 19.4 Å². The summed E-state index contributed by atoms with van der Waals surface area (Å²) in [7, 11) is 0. The van der Waals surface area contributed by atoms with E-state index in [-0.39, 0.29) is 5.75 Å². The van der Waals surface area contributed by atoms with Crippen LogP contribution in [0.5, 0.6) is 11.5 Å². The molecule has 0 aromatic heterocycles. The van der Waals surface area contributed by atoms with Gasteiger partial charge in [0.05, 0.1) is 18.8 Å². The quantitative estimate of drug-likeness (QED) is 0.748. The third kappa shape index (κ3) is 1.75. The number of hydrogen-bond donors (Lipinski definition) is 1. The number of esters is 1. The standard InChI is InChI=1S/C11H12O4/c1-2-14-11(13)8-5-7-3-4-15-10(7)9(12)6-8/h5-6,12H,2-4H2,1H3. The molecule has 1 aromatic carbocycles. The van der Waals surface area contributed by atoms with E-state index in [9.17, 15) is 9.90 Å². The van der Waals surface area contributed by atoms with Crippen LogP contribution in [-0.2, 0) is 11.2 Å². The molecule has 0 aliphatic carbocycles. The third-order valence-electron chi connectivity index (χ3n) is 2.28. The van der Waals surface area contributed by atoms with Crippen LogP contribution in [0, 0.1) is 0 Å². The normalized spacial score (nSPS) is 13.1. The van der Waals surface area contributed by atoms with Gasteiger partial charge in [-0.3, -0.25) is 0 Å². The highest BCUT2D eigenvalue weighted by Crippen LogP contribution is 2.35. The van der Waals surface area contributed by atoms with E-state index in [1.54, 1.807) is 13.0 Å². The Bertz CT molecular complexity index is 398. The molecule has 4 nitrogen and oxygen atoms in total. The summed E-state index contributed by atoms with van der Waals surface area (Å²) < 4.78 is 10.1. The predicted octanol–water partition coefficient (Wildman–Crippen LogP) is 1.50. The van der Waals surface area contributed by atoms with E-state index in [0.717, 1.165) is 12.0 Å². The van der Waals surface area contributed by atoms with Gasteiger partial charge in [0.2, 0.25) is 0 Å². The van der Waals surface area contributed by atoms with Gasteiger partial charge < -0.3 is 14.6 Å². The van der Waals surface area contributed by atoms with Gasteiger partial charge >= 0.3 is 5.97 Å². The fourth-order valence-electron chi connectivity index (χ4n) is 1.62. The molecule has 2 rings (SSSR count). The van der Waals surface area contributed by atoms with E-state index >= 15 is 0 Å². The van der Waals surface area contributed by atoms with Crippen LogP contribution >= 0.6 is 0 Å². The first-order valence-electron chi connectivity index (χ1n) is 4.88. The number of carbonyl (C=O) groups is 1. The summed E-state index contributed by atoms with van der Waals surface area (Å²) in [6, 6.07) is 3.09. The Hall–Kier alpha value is -1.71. The Balaban J connectivity index is 2.35. The predicted molar refractivity (Wildman–Crippen MR) is 53.3 cm³/mol. The molecule has 0 saturated carbocycles. The zero-order chi connectivity index (χ0) is 10.8. The van der Waals surface area contributed by atoms with E-state index in [4.69, 9.17) is 9.47 Å². The molecule has 0 radical (unpaired) electrons. The highest BCUT2D eigenvalue weighted by atomic mass is 16.5. The lowest BCUT2D eigenvalue weighted by molar-refractivity contribution is 0.0526. The van der Waals surface area contributed by atoms with Gasteiger partial charge in [-0.15, -0.1) is 0 Å². The van der Waals surface area contributed by atoms with Crippen LogP contribution in [0.2, 0.25) is 0 Å². The molecule has 0 unspecified atom stereocenters. The van der Waals surface area contributed by atoms with Gasteiger partial charge in [0.15, 0.2) is 11.5 Å². The molecule has 4 heteroatoms. The smallest absolute Gasteiger partial charge is 0.338 e. The summed E-state index contributed by atoms with van der Waals surface area (Å²) in [5, 5.41) is 9.60. The lowest BCUT2D eigenvalue weighted by Gasteiger charge is -2.06. The van der Waals surface area contributed by atoms with Gasteiger partial charge in [-0.25, -0.2) is 4.79 Å². The highest BCUT2D eigenvalue weighted by molar-refractivity contribution is 5.90. The van der Waals surface area contributed by atoms with Crippen molar-refractivity contribution in [3.63, 3.8) is 0 Å². The molecule has 1 N–H and O–H groups in total. The average Bonchev–Trinajstić information content (AvgIpc) is 2.66. The van der Waals surface area contributed by atoms with Crippen molar-refractivity contribution in [1.82, 2.24) is 0 Å². The van der Waals surface area contributed by atoms with Crippen LogP contribution in [0.15, 0.2) is 12.1 Å². The second-order valence-corrected chi connectivity index (χ2v) is 3.30. The number of fused-ring (bicyclic) bond motifs is 1. The summed E-state index contributed by atoms with van der Waals surface area (Å²) in [6.07, 6.45) is 0.718. The fraction of sp³-hybridized carbons (Fsp3) is 0.364. The maximum Gasteiger partial charge on any atom is 0.338 e. The molecule has 0 amide bonds. The van der Waals surface area contributed by atoms with Crippen molar-refractivity contribution in [2.75, 3.05) is 13.2 Å². The second-order valence-electron chi connectivity index (χ2n) is 3.30. The van der Waals surface area contributed by atoms with Gasteiger partial charge in [0.1, 0.15) is 0 Å². The summed E-state index contributed by atoms with van der Waals surface area (Å²) in [6.45, 7) is 2.62. The molecule has 0 spiro atoms. The largest absolute Gasteiger partial charge is 0.504 e. The first-order valence-corrected chi connectivity index (χ1v) is 4.88. The first kappa shape index (κ1) is 9.83. The van der Waals surface area contributed by atoms with Gasteiger partial charge in [0.25, 0.3) is 0 Å². The Morgan fingerprint density at radius 1 is 1.60 bits per heavy atom. The van der Waals surface area contributed by atoms with Crippen LogP contribution < -0.4 is 4.74 Å². The lowest BCUT2D eigenvalue weighted by Crippen LogP contribution is -2.04. The van der Waals surface area contributed by atoms with Crippen molar-refractivity contribution in [1.29, 1.82) is 0 Å². The average molecular weight is 208 g/mol. The van der Waals surface area contributed by atoms with Crippen LogP contribution in [0.25, 0.3) is 0 Å². The number of carbonyl (C=O) groups excluding carboxylic acids is 1. The van der Waals surface area contributed by atoms with Gasteiger partial charge in [-0.05, 0) is 19.1 Å². The van der Waals surface area contributed by atoms with E-state index in [1.165, 1.54) is 6.07 Å². The van der Waals surface area contributed by atoms with E-state index < -0.39 is 5.97 Å². The molecular weight excluding hydrogens is 196 g/mol. The minimum atomic E-state index is -0.414. The molecule has 0 saturated heterocycles. The van der Waals surface area contributed by atoms with Gasteiger partial charge in [-0.1, -0.05) is 0 Å². The van der Waals surface area contributed by atoms with Crippen LogP contribution in [0.3, 0.4) is 0 Å². The topological polar surface area (TPSA) is 55.8 Å². The molecule has 0 atom stereocenters. The van der Waals surface area contributed by atoms with Crippen molar-refractivity contribution >= 4 is 5.97 Å². The summed E-state index contributed by atoms with van der Waals surface area (Å²) in [5.41, 5.74) is 1.23. The maximum atomic E-state index is 11.4. The number of rotatable bonds is 2. The lowest BCUT2D eigenvalue weighted by atomic mass is 10.1. The Morgan fingerprint density at radius 2 is 2.40 bits per heavy atom. The molecular formula is C11H12O4. The van der Waals surface area contributed by atoms with Crippen molar-refractivity contribution in [2.45, 2.75) is 13.3 Å². The molecule has 1 aromatic rings. The SMILES string of the molecule is CCOC(=O)c1cc(O)c2c(c1)CCO2. The zero-order valence-corrected chi connectivity index (χ0v) is 8.45. The summed E-state index contributed by atoms with van der Waals surface area (Å²) in [4.78, 5) is 11.4. The van der Waals surface area contributed by atoms with Crippen molar-refractivity contribution in [2.24, 2.45) is 0 Å². The Kier molecular flexibility index (Phi) is 2.49. The highest BCUT2D eigenvalue weighted by Gasteiger charge is 2.20. The minimum absolute atomic E-state index is 0.00746. The van der Waals surface area contributed by atoms with E-state index in [1.807, 2.05) is 0 Å². The molecule has 15 heavy (non-hydrogen) atoms. The number of ether oxygens (including phenoxy) is 2. The number of aromatic hydroxyl groups is 1. The molecule has 1 heterocycles. The minimum Gasteiger partial charge on any atom is -0.504 e. The van der Waals surface area contributed by atoms with Crippen molar-refractivity contribution in [3.8, 4) is 11.5 Å². The first-order chi connectivity index (χ1) is 7.22. The number of phenolic OH excluding ortho intramolecular Hbond substituents is 1. The van der Waals surface area contributed by atoms with Crippen LogP contribution in [0.4, 0.5) is 0 Å². The van der Waals surface area contributed by atoms with E-state index in [2.05, 4.69) is 0 Å². The maximum absolute atomic E-state index is 11.4.